The van der Waals surface area contributed by atoms with Crippen LogP contribution in [0.15, 0.2) is 21.5 Å². The minimum absolute atomic E-state index is 0.112. The maximum Gasteiger partial charge on any atom is 0.223 e. The van der Waals surface area contributed by atoms with Crippen molar-refractivity contribution in [1.82, 2.24) is 5.32 Å². The molecule has 138 valence electrons. The summed E-state index contributed by atoms with van der Waals surface area (Å²) in [4.78, 5) is 25.3. The second kappa shape index (κ2) is 7.07. The summed E-state index contributed by atoms with van der Waals surface area (Å²) >= 11 is 3.32. The Morgan fingerprint density at radius 2 is 1.92 bits per heavy atom. The van der Waals surface area contributed by atoms with Crippen molar-refractivity contribution in [1.29, 1.82) is 0 Å². The normalized spacial score (nSPS) is 14.4. The minimum Gasteiger partial charge on any atom is -0.351 e. The molecule has 6 nitrogen and oxygen atoms in total. The van der Waals surface area contributed by atoms with E-state index in [1.165, 1.54) is 13.0 Å². The van der Waals surface area contributed by atoms with Crippen LogP contribution in [0.3, 0.4) is 0 Å². The molecule has 8 heteroatoms. The van der Waals surface area contributed by atoms with Crippen LogP contribution in [0.2, 0.25) is 0 Å². The van der Waals surface area contributed by atoms with Crippen LogP contribution >= 0.6 is 15.9 Å². The SMILES string of the molecule is CC(=O)N1CCc2cc(Br)c(S(=O)(=O)CCC(=O)NC(C)(C)C)cc21. The van der Waals surface area contributed by atoms with Gasteiger partial charge in [-0.1, -0.05) is 0 Å². The number of amides is 2. The van der Waals surface area contributed by atoms with E-state index in [0.717, 1.165) is 5.56 Å². The molecule has 0 bridgehead atoms. The lowest BCUT2D eigenvalue weighted by molar-refractivity contribution is -0.122. The highest BCUT2D eigenvalue weighted by Gasteiger charge is 2.28. The third kappa shape index (κ3) is 4.82. The maximum absolute atomic E-state index is 12.7. The minimum atomic E-state index is -3.66. The standard InChI is InChI=1S/C17H23BrN2O4S/c1-11(21)20-7-5-12-9-13(18)15(10-14(12)20)25(23,24)8-6-16(22)19-17(2,3)4/h9-10H,5-8H2,1-4H3,(H,19,22). The quantitative estimate of drug-likeness (QED) is 0.794. The number of hydrogen-bond acceptors (Lipinski definition) is 4. The highest BCUT2D eigenvalue weighted by molar-refractivity contribution is 9.10. The molecule has 2 amide bonds. The van der Waals surface area contributed by atoms with Crippen LogP contribution in [-0.2, 0) is 25.8 Å². The van der Waals surface area contributed by atoms with Gasteiger partial charge in [0.25, 0.3) is 0 Å². The van der Waals surface area contributed by atoms with E-state index in [0.29, 0.717) is 23.1 Å². The molecule has 1 aromatic rings. The summed E-state index contributed by atoms with van der Waals surface area (Å²) in [5, 5.41) is 2.75. The smallest absolute Gasteiger partial charge is 0.223 e. The predicted molar refractivity (Wildman–Crippen MR) is 100 cm³/mol. The molecular formula is C17H23BrN2O4S. The Balaban J connectivity index is 2.24. The van der Waals surface area contributed by atoms with Gasteiger partial charge in [-0.2, -0.15) is 0 Å². The summed E-state index contributed by atoms with van der Waals surface area (Å²) in [7, 11) is -3.66. The first-order chi connectivity index (χ1) is 11.4. The zero-order valence-corrected chi connectivity index (χ0v) is 17.3. The number of nitrogens with one attached hydrogen (secondary N) is 1. The van der Waals surface area contributed by atoms with Crippen LogP contribution in [0.1, 0.15) is 39.7 Å². The van der Waals surface area contributed by atoms with Crippen LogP contribution in [0.4, 0.5) is 5.69 Å². The van der Waals surface area contributed by atoms with Gasteiger partial charge in [0.1, 0.15) is 0 Å². The molecule has 0 saturated carbocycles. The first-order valence-electron chi connectivity index (χ1n) is 8.05. The van der Waals surface area contributed by atoms with Crippen LogP contribution < -0.4 is 10.2 Å². The second-order valence-electron chi connectivity index (χ2n) is 7.20. The molecule has 2 rings (SSSR count). The fraction of sp³-hybridized carbons (Fsp3) is 0.529. The number of rotatable bonds is 4. The Kier molecular flexibility index (Phi) is 5.63. The van der Waals surface area contributed by atoms with Gasteiger partial charge in [0.15, 0.2) is 9.84 Å². The molecule has 1 N–H and O–H groups in total. The van der Waals surface area contributed by atoms with E-state index in [1.54, 1.807) is 11.0 Å². The number of halogens is 1. The zero-order valence-electron chi connectivity index (χ0n) is 14.8. The molecule has 1 heterocycles. The van der Waals surface area contributed by atoms with Gasteiger partial charge in [-0.05, 0) is 60.8 Å². The van der Waals surface area contributed by atoms with Crippen LogP contribution in [-0.4, -0.2) is 38.1 Å². The van der Waals surface area contributed by atoms with Gasteiger partial charge < -0.3 is 10.2 Å². The Bertz CT molecular complexity index is 813. The molecule has 0 aliphatic carbocycles. The summed E-state index contributed by atoms with van der Waals surface area (Å²) in [5.74, 6) is -0.709. The molecule has 0 aromatic heterocycles. The molecule has 1 aliphatic rings. The fourth-order valence-electron chi connectivity index (χ4n) is 2.77. The number of anilines is 1. The van der Waals surface area contributed by atoms with Crippen LogP contribution in [0.5, 0.6) is 0 Å². The number of carbonyl (C=O) groups excluding carboxylic acids is 2. The van der Waals surface area contributed by atoms with Crippen molar-refractivity contribution in [3.63, 3.8) is 0 Å². The lowest BCUT2D eigenvalue weighted by atomic mass is 10.1. The second-order valence-corrected chi connectivity index (χ2v) is 10.1. The van der Waals surface area contributed by atoms with Crippen molar-refractivity contribution in [2.45, 2.75) is 51.0 Å². The van der Waals surface area contributed by atoms with Crippen LogP contribution in [0, 0.1) is 0 Å². The Labute approximate surface area is 157 Å². The van der Waals surface area contributed by atoms with E-state index in [1.807, 2.05) is 20.8 Å². The molecule has 0 atom stereocenters. The molecule has 0 radical (unpaired) electrons. The third-order valence-corrected chi connectivity index (χ3v) is 6.52. The molecule has 1 aromatic carbocycles. The largest absolute Gasteiger partial charge is 0.351 e. The van der Waals surface area contributed by atoms with Crippen LogP contribution in [0.25, 0.3) is 0 Å². The first-order valence-corrected chi connectivity index (χ1v) is 10.5. The lowest BCUT2D eigenvalue weighted by Crippen LogP contribution is -2.41. The average molecular weight is 431 g/mol. The Morgan fingerprint density at radius 1 is 1.28 bits per heavy atom. The van der Waals surface area contributed by atoms with E-state index < -0.39 is 15.4 Å². The molecule has 0 spiro atoms. The van der Waals surface area contributed by atoms with Crippen molar-refractivity contribution in [2.24, 2.45) is 0 Å². The van der Waals surface area contributed by atoms with Gasteiger partial charge in [0, 0.05) is 35.6 Å². The number of nitrogens with zero attached hydrogens (tertiary/aromatic N) is 1. The number of hydrogen-bond donors (Lipinski definition) is 1. The van der Waals surface area contributed by atoms with Gasteiger partial charge in [0.05, 0.1) is 10.6 Å². The van der Waals surface area contributed by atoms with Gasteiger partial charge in [-0.3, -0.25) is 9.59 Å². The van der Waals surface area contributed by atoms with E-state index in [2.05, 4.69) is 21.2 Å². The molecule has 0 fully saturated rings. The topological polar surface area (TPSA) is 83.6 Å². The number of benzene rings is 1. The van der Waals surface area contributed by atoms with Gasteiger partial charge in [-0.25, -0.2) is 8.42 Å². The Hall–Kier alpha value is -1.41. The number of fused-ring (bicyclic) bond motifs is 1. The summed E-state index contributed by atoms with van der Waals surface area (Å²) in [6, 6.07) is 3.28. The van der Waals surface area contributed by atoms with E-state index >= 15 is 0 Å². The van der Waals surface area contributed by atoms with Gasteiger partial charge >= 0.3 is 0 Å². The van der Waals surface area contributed by atoms with E-state index in [9.17, 15) is 18.0 Å². The number of carbonyl (C=O) groups is 2. The van der Waals surface area contributed by atoms with Crippen molar-refractivity contribution in [2.75, 3.05) is 17.2 Å². The van der Waals surface area contributed by atoms with Crippen molar-refractivity contribution >= 4 is 43.3 Å². The van der Waals surface area contributed by atoms with Crippen molar-refractivity contribution in [3.8, 4) is 0 Å². The third-order valence-electron chi connectivity index (χ3n) is 3.86. The molecule has 0 unspecified atom stereocenters. The summed E-state index contributed by atoms with van der Waals surface area (Å²) in [6.07, 6.45) is 0.585. The zero-order chi connectivity index (χ0) is 19.0. The summed E-state index contributed by atoms with van der Waals surface area (Å²) in [5.41, 5.74) is 1.16. The highest BCUT2D eigenvalue weighted by Crippen LogP contribution is 2.36. The molecule has 25 heavy (non-hydrogen) atoms. The molecule has 1 aliphatic heterocycles. The highest BCUT2D eigenvalue weighted by atomic mass is 79.9. The molecule has 0 saturated heterocycles. The molecular weight excluding hydrogens is 408 g/mol. The van der Waals surface area contributed by atoms with E-state index in [-0.39, 0.29) is 28.9 Å². The summed E-state index contributed by atoms with van der Waals surface area (Å²) in [6.45, 7) is 7.53. The Morgan fingerprint density at radius 3 is 2.48 bits per heavy atom. The van der Waals surface area contributed by atoms with Gasteiger partial charge in [0.2, 0.25) is 11.8 Å². The van der Waals surface area contributed by atoms with Crippen molar-refractivity contribution < 1.29 is 18.0 Å². The predicted octanol–water partition coefficient (Wildman–Crippen LogP) is 2.44. The monoisotopic (exact) mass is 430 g/mol. The number of sulfone groups is 1. The fourth-order valence-corrected chi connectivity index (χ4v) is 5.22. The maximum atomic E-state index is 12.7. The average Bonchev–Trinajstić information content (AvgIpc) is 2.85. The first kappa shape index (κ1) is 19.9. The summed E-state index contributed by atoms with van der Waals surface area (Å²) < 4.78 is 25.8. The van der Waals surface area contributed by atoms with E-state index in [4.69, 9.17) is 0 Å². The van der Waals surface area contributed by atoms with Crippen molar-refractivity contribution in [3.05, 3.63) is 22.2 Å². The lowest BCUT2D eigenvalue weighted by Gasteiger charge is -2.20. The van der Waals surface area contributed by atoms with Gasteiger partial charge in [-0.15, -0.1) is 0 Å².